The number of fused-ring (bicyclic) bond motifs is 1. The Morgan fingerprint density at radius 1 is 1.14 bits per heavy atom. The summed E-state index contributed by atoms with van der Waals surface area (Å²) in [7, 11) is 0. The van der Waals surface area contributed by atoms with E-state index in [1.807, 2.05) is 0 Å². The summed E-state index contributed by atoms with van der Waals surface area (Å²) < 4.78 is 32.4. The van der Waals surface area contributed by atoms with Gasteiger partial charge in [-0.05, 0) is 35.9 Å². The van der Waals surface area contributed by atoms with Crippen LogP contribution in [-0.2, 0) is 4.74 Å². The monoisotopic (exact) mass is 388 g/mol. The van der Waals surface area contributed by atoms with Gasteiger partial charge >= 0.3 is 0 Å². The lowest BCUT2D eigenvalue weighted by Gasteiger charge is -2.13. The fraction of sp³-hybridized carbons (Fsp3) is 0.250. The minimum Gasteiger partial charge on any atom is -0.378 e. The molecule has 6 nitrogen and oxygen atoms in total. The Morgan fingerprint density at radius 3 is 2.57 bits per heavy atom. The van der Waals surface area contributed by atoms with E-state index >= 15 is 0 Å². The molecule has 8 heteroatoms. The van der Waals surface area contributed by atoms with Crippen LogP contribution in [0.2, 0.25) is 0 Å². The van der Waals surface area contributed by atoms with Crippen molar-refractivity contribution < 1.29 is 18.3 Å². The van der Waals surface area contributed by atoms with Gasteiger partial charge in [0.15, 0.2) is 0 Å². The van der Waals surface area contributed by atoms with Gasteiger partial charge in [-0.25, -0.2) is 8.78 Å². The van der Waals surface area contributed by atoms with Crippen molar-refractivity contribution in [1.29, 1.82) is 0 Å². The Balaban J connectivity index is 1.88. The molecule has 3 aromatic rings. The van der Waals surface area contributed by atoms with Crippen LogP contribution in [0.25, 0.3) is 22.0 Å². The fourth-order valence-electron chi connectivity index (χ4n) is 2.94. The van der Waals surface area contributed by atoms with Crippen LogP contribution in [0.3, 0.4) is 0 Å². The molecule has 0 unspecified atom stereocenters. The van der Waals surface area contributed by atoms with Crippen molar-refractivity contribution in [3.8, 4) is 11.1 Å². The molecule has 3 rings (SSSR count). The van der Waals surface area contributed by atoms with Crippen LogP contribution in [0.4, 0.5) is 8.78 Å². The Labute approximate surface area is 160 Å². The van der Waals surface area contributed by atoms with E-state index < -0.39 is 23.6 Å². The number of benzene rings is 2. The molecule has 0 aliphatic heterocycles. The topological polar surface area (TPSA) is 106 Å². The number of carbonyl (C=O) groups excluding carboxylic acids is 1. The number of hydrogen-bond acceptors (Lipinski definition) is 4. The zero-order chi connectivity index (χ0) is 20.1. The number of ether oxygens (including phenoxy) is 1. The number of H-pyrrole nitrogens is 1. The van der Waals surface area contributed by atoms with Gasteiger partial charge in [-0.1, -0.05) is 12.1 Å². The Kier molecular flexibility index (Phi) is 6.35. The third kappa shape index (κ3) is 4.53. The Hall–Kier alpha value is -2.81. The predicted molar refractivity (Wildman–Crippen MR) is 104 cm³/mol. The third-order valence-electron chi connectivity index (χ3n) is 4.24. The van der Waals surface area contributed by atoms with Gasteiger partial charge in [0.2, 0.25) is 0 Å². The van der Waals surface area contributed by atoms with Crippen LogP contribution < -0.4 is 16.8 Å². The highest BCUT2D eigenvalue weighted by Gasteiger charge is 2.20. The van der Waals surface area contributed by atoms with Crippen LogP contribution in [0.15, 0.2) is 42.5 Å². The maximum absolute atomic E-state index is 13.8. The highest BCUT2D eigenvalue weighted by molar-refractivity contribution is 6.09. The van der Waals surface area contributed by atoms with Crippen molar-refractivity contribution in [2.45, 2.75) is 6.04 Å². The number of aromatic amines is 1. The molecule has 0 aliphatic rings. The average Bonchev–Trinajstić information content (AvgIpc) is 3.05. The number of aromatic nitrogens is 1. The van der Waals surface area contributed by atoms with Gasteiger partial charge in [0, 0.05) is 35.6 Å². The highest BCUT2D eigenvalue weighted by atomic mass is 19.1. The second kappa shape index (κ2) is 8.92. The van der Waals surface area contributed by atoms with Crippen LogP contribution >= 0.6 is 0 Å². The first kappa shape index (κ1) is 19.9. The molecule has 148 valence electrons. The van der Waals surface area contributed by atoms with Crippen molar-refractivity contribution in [3.63, 3.8) is 0 Å². The van der Waals surface area contributed by atoms with E-state index in [2.05, 4.69) is 10.3 Å². The minimum absolute atomic E-state index is 0.190. The second-order valence-electron chi connectivity index (χ2n) is 6.41. The molecular weight excluding hydrogens is 366 g/mol. The number of nitrogens with one attached hydrogen (secondary N) is 2. The summed E-state index contributed by atoms with van der Waals surface area (Å²) in [6.45, 7) is 1.24. The summed E-state index contributed by atoms with van der Waals surface area (Å²) in [5.41, 5.74) is 13.2. The molecule has 1 heterocycles. The summed E-state index contributed by atoms with van der Waals surface area (Å²) >= 11 is 0. The van der Waals surface area contributed by atoms with E-state index in [-0.39, 0.29) is 18.8 Å². The van der Waals surface area contributed by atoms with Gasteiger partial charge < -0.3 is 26.5 Å². The molecule has 0 fully saturated rings. The minimum atomic E-state index is -0.430. The number of carbonyl (C=O) groups is 1. The third-order valence-corrected chi connectivity index (χ3v) is 4.24. The van der Waals surface area contributed by atoms with E-state index in [0.717, 1.165) is 0 Å². The largest absolute Gasteiger partial charge is 0.378 e. The van der Waals surface area contributed by atoms with Crippen molar-refractivity contribution in [1.82, 2.24) is 10.3 Å². The molecule has 0 saturated heterocycles. The fourth-order valence-corrected chi connectivity index (χ4v) is 2.94. The molecule has 6 N–H and O–H groups in total. The lowest BCUT2D eigenvalue weighted by Crippen LogP contribution is -2.40. The molecular formula is C20H22F2N4O2. The quantitative estimate of drug-likeness (QED) is 0.444. The molecule has 0 aliphatic carbocycles. The lowest BCUT2D eigenvalue weighted by molar-refractivity contribution is 0.0929. The predicted octanol–water partition coefficient (Wildman–Crippen LogP) is 2.15. The van der Waals surface area contributed by atoms with Crippen LogP contribution in [-0.4, -0.2) is 43.2 Å². The molecule has 0 saturated carbocycles. The van der Waals surface area contributed by atoms with Crippen molar-refractivity contribution in [2.24, 2.45) is 11.5 Å². The van der Waals surface area contributed by atoms with Gasteiger partial charge in [0.1, 0.15) is 17.3 Å². The van der Waals surface area contributed by atoms with Crippen LogP contribution in [0.5, 0.6) is 0 Å². The van der Waals surface area contributed by atoms with Gasteiger partial charge in [-0.3, -0.25) is 4.79 Å². The van der Waals surface area contributed by atoms with Gasteiger partial charge in [-0.15, -0.1) is 0 Å². The number of hydrogen-bond donors (Lipinski definition) is 4. The SMILES string of the molecule is NCCOC[C@H](N)CNC(=O)c1[nH]c2ccc(F)cc2c1-c1ccc(F)cc1. The standard InChI is InChI=1S/C20H22F2N4O2/c21-13-3-1-12(2-4-13)18-16-9-14(22)5-6-17(16)26-19(18)20(27)25-10-15(24)11-28-8-7-23/h1-6,9,15,26H,7-8,10-11,23-24H2,(H,25,27)/t15-/m1/s1. The number of amides is 1. The molecule has 0 bridgehead atoms. The Morgan fingerprint density at radius 2 is 1.86 bits per heavy atom. The van der Waals surface area contributed by atoms with Crippen LogP contribution in [0.1, 0.15) is 10.5 Å². The van der Waals surface area contributed by atoms with E-state index in [1.54, 1.807) is 18.2 Å². The molecule has 0 radical (unpaired) electrons. The lowest BCUT2D eigenvalue weighted by atomic mass is 10.0. The molecule has 1 amide bonds. The van der Waals surface area contributed by atoms with E-state index in [0.29, 0.717) is 35.2 Å². The van der Waals surface area contributed by atoms with Crippen molar-refractivity contribution >= 4 is 16.8 Å². The molecule has 0 spiro atoms. The summed E-state index contributed by atoms with van der Waals surface area (Å²) in [6, 6.07) is 9.48. The summed E-state index contributed by atoms with van der Waals surface area (Å²) in [5.74, 6) is -1.23. The van der Waals surface area contributed by atoms with Gasteiger partial charge in [0.25, 0.3) is 5.91 Å². The normalized spacial score (nSPS) is 12.3. The van der Waals surface area contributed by atoms with Gasteiger partial charge in [-0.2, -0.15) is 0 Å². The number of nitrogens with two attached hydrogens (primary N) is 2. The van der Waals surface area contributed by atoms with E-state index in [9.17, 15) is 13.6 Å². The van der Waals surface area contributed by atoms with E-state index in [1.165, 1.54) is 24.3 Å². The van der Waals surface area contributed by atoms with Gasteiger partial charge in [0.05, 0.1) is 13.2 Å². The number of rotatable bonds is 8. The molecule has 1 atom stereocenters. The average molecular weight is 388 g/mol. The zero-order valence-electron chi connectivity index (χ0n) is 15.2. The maximum atomic E-state index is 13.8. The first-order valence-electron chi connectivity index (χ1n) is 8.88. The smallest absolute Gasteiger partial charge is 0.268 e. The summed E-state index contributed by atoms with van der Waals surface area (Å²) in [5, 5.41) is 3.28. The Bertz CT molecular complexity index is 957. The highest BCUT2D eigenvalue weighted by Crippen LogP contribution is 2.33. The number of halogens is 2. The van der Waals surface area contributed by atoms with E-state index in [4.69, 9.17) is 16.2 Å². The first-order chi connectivity index (χ1) is 13.5. The zero-order valence-corrected chi connectivity index (χ0v) is 15.2. The summed E-state index contributed by atoms with van der Waals surface area (Å²) in [4.78, 5) is 15.8. The summed E-state index contributed by atoms with van der Waals surface area (Å²) in [6.07, 6.45) is 0. The second-order valence-corrected chi connectivity index (χ2v) is 6.41. The maximum Gasteiger partial charge on any atom is 0.268 e. The molecule has 28 heavy (non-hydrogen) atoms. The first-order valence-corrected chi connectivity index (χ1v) is 8.88. The molecule has 1 aromatic heterocycles. The molecule has 2 aromatic carbocycles. The van der Waals surface area contributed by atoms with Crippen LogP contribution in [0, 0.1) is 11.6 Å². The van der Waals surface area contributed by atoms with Crippen molar-refractivity contribution in [2.75, 3.05) is 26.3 Å². The van der Waals surface area contributed by atoms with Crippen molar-refractivity contribution in [3.05, 3.63) is 59.8 Å².